The quantitative estimate of drug-likeness (QED) is 0.287. The van der Waals surface area contributed by atoms with Crippen molar-refractivity contribution in [2.45, 2.75) is 10.9 Å². The Labute approximate surface area is 235 Å². The van der Waals surface area contributed by atoms with Gasteiger partial charge in [0.1, 0.15) is 6.54 Å². The minimum Gasteiger partial charge on any atom is -0.339 e. The van der Waals surface area contributed by atoms with E-state index >= 15 is 0 Å². The van der Waals surface area contributed by atoms with E-state index in [4.69, 9.17) is 11.6 Å². The number of piperazine rings is 1. The number of amides is 1. The molecule has 1 aliphatic rings. The Kier molecular flexibility index (Phi) is 8.31. The summed E-state index contributed by atoms with van der Waals surface area (Å²) in [4.78, 5) is 17.8. The summed E-state index contributed by atoms with van der Waals surface area (Å²) in [5, 5.41) is 0.267. The molecule has 1 fully saturated rings. The zero-order valence-electron chi connectivity index (χ0n) is 21.4. The van der Waals surface area contributed by atoms with E-state index in [0.717, 1.165) is 4.31 Å². The molecular formula is C31H30ClN3O3S. The van der Waals surface area contributed by atoms with Gasteiger partial charge in [-0.25, -0.2) is 8.42 Å². The molecule has 1 amide bonds. The van der Waals surface area contributed by atoms with E-state index in [9.17, 15) is 13.2 Å². The average molecular weight is 560 g/mol. The number of anilines is 1. The molecule has 0 atom stereocenters. The van der Waals surface area contributed by atoms with Gasteiger partial charge in [-0.15, -0.1) is 0 Å². The third-order valence-electron chi connectivity index (χ3n) is 6.99. The fourth-order valence-electron chi connectivity index (χ4n) is 5.01. The molecule has 5 rings (SSSR count). The number of benzene rings is 4. The SMILES string of the molecule is O=C(CN(c1ccccc1Cl)S(=O)(=O)c1ccccc1)N1CCN(C(c2ccccc2)c2ccccc2)CC1. The predicted molar refractivity (Wildman–Crippen MR) is 155 cm³/mol. The first-order chi connectivity index (χ1) is 18.9. The summed E-state index contributed by atoms with van der Waals surface area (Å²) in [6.45, 7) is 1.99. The second-order valence-electron chi connectivity index (χ2n) is 9.42. The van der Waals surface area contributed by atoms with Crippen LogP contribution in [-0.2, 0) is 14.8 Å². The van der Waals surface area contributed by atoms with Gasteiger partial charge in [0.05, 0.1) is 21.6 Å². The number of hydrogen-bond donors (Lipinski definition) is 0. The largest absolute Gasteiger partial charge is 0.339 e. The van der Waals surface area contributed by atoms with E-state index in [1.165, 1.54) is 23.3 Å². The normalized spacial score (nSPS) is 14.4. The van der Waals surface area contributed by atoms with Gasteiger partial charge in [-0.2, -0.15) is 0 Å². The maximum Gasteiger partial charge on any atom is 0.264 e. The zero-order chi connectivity index (χ0) is 27.2. The number of halogens is 1. The van der Waals surface area contributed by atoms with Crippen LogP contribution in [0.1, 0.15) is 17.2 Å². The first kappa shape index (κ1) is 26.9. The van der Waals surface area contributed by atoms with E-state index in [1.54, 1.807) is 47.4 Å². The third kappa shape index (κ3) is 6.01. The molecule has 1 heterocycles. The first-order valence-electron chi connectivity index (χ1n) is 12.9. The number of carbonyl (C=O) groups is 1. The highest BCUT2D eigenvalue weighted by atomic mass is 35.5. The van der Waals surface area contributed by atoms with Crippen molar-refractivity contribution in [3.8, 4) is 0 Å². The molecule has 0 aromatic heterocycles. The van der Waals surface area contributed by atoms with E-state index < -0.39 is 10.0 Å². The fourth-order valence-corrected chi connectivity index (χ4v) is 6.75. The number of rotatable bonds is 8. The van der Waals surface area contributed by atoms with Crippen LogP contribution in [0.4, 0.5) is 5.69 Å². The summed E-state index contributed by atoms with van der Waals surface area (Å²) in [6.07, 6.45) is 0. The van der Waals surface area contributed by atoms with Crippen molar-refractivity contribution in [3.05, 3.63) is 131 Å². The van der Waals surface area contributed by atoms with Crippen molar-refractivity contribution in [1.82, 2.24) is 9.80 Å². The van der Waals surface area contributed by atoms with Crippen molar-refractivity contribution in [3.63, 3.8) is 0 Å². The number of hydrogen-bond acceptors (Lipinski definition) is 4. The van der Waals surface area contributed by atoms with Gasteiger partial charge >= 0.3 is 0 Å². The van der Waals surface area contributed by atoms with Crippen LogP contribution in [-0.4, -0.2) is 56.8 Å². The molecular weight excluding hydrogens is 530 g/mol. The van der Waals surface area contributed by atoms with Crippen molar-refractivity contribution in [2.75, 3.05) is 37.0 Å². The van der Waals surface area contributed by atoms with Gasteiger partial charge in [0.15, 0.2) is 0 Å². The van der Waals surface area contributed by atoms with Crippen LogP contribution < -0.4 is 4.31 Å². The Morgan fingerprint density at radius 1 is 0.718 bits per heavy atom. The lowest BCUT2D eigenvalue weighted by Gasteiger charge is -2.40. The molecule has 0 bridgehead atoms. The van der Waals surface area contributed by atoms with Gasteiger partial charge in [-0.3, -0.25) is 14.0 Å². The zero-order valence-corrected chi connectivity index (χ0v) is 23.0. The van der Waals surface area contributed by atoms with Crippen LogP contribution in [0.3, 0.4) is 0 Å². The highest BCUT2D eigenvalue weighted by Crippen LogP contribution is 2.32. The smallest absolute Gasteiger partial charge is 0.264 e. The second-order valence-corrected chi connectivity index (χ2v) is 11.7. The Hall–Kier alpha value is -3.65. The van der Waals surface area contributed by atoms with Gasteiger partial charge in [0.2, 0.25) is 5.91 Å². The number of nitrogens with zero attached hydrogens (tertiary/aromatic N) is 3. The Bertz CT molecular complexity index is 1450. The van der Waals surface area contributed by atoms with Crippen LogP contribution in [0.25, 0.3) is 0 Å². The average Bonchev–Trinajstić information content (AvgIpc) is 2.98. The lowest BCUT2D eigenvalue weighted by molar-refractivity contribution is -0.131. The summed E-state index contributed by atoms with van der Waals surface area (Å²) >= 11 is 6.41. The van der Waals surface area contributed by atoms with Crippen molar-refractivity contribution >= 4 is 33.2 Å². The standard InChI is InChI=1S/C31H30ClN3O3S/c32-28-18-10-11-19-29(28)35(39(37,38)27-16-8-3-9-17-27)24-30(36)33-20-22-34(23-21-33)31(25-12-4-1-5-13-25)26-14-6-2-7-15-26/h1-19,31H,20-24H2. The minimum atomic E-state index is -4.02. The molecule has 4 aromatic rings. The summed E-state index contributed by atoms with van der Waals surface area (Å²) in [5.74, 6) is -0.259. The van der Waals surface area contributed by atoms with Crippen LogP contribution in [0.15, 0.2) is 120 Å². The Balaban J connectivity index is 1.35. The number of carbonyl (C=O) groups excluding carboxylic acids is 1. The van der Waals surface area contributed by atoms with Gasteiger partial charge < -0.3 is 4.90 Å². The molecule has 0 saturated carbocycles. The van der Waals surface area contributed by atoms with Crippen LogP contribution >= 0.6 is 11.6 Å². The molecule has 4 aromatic carbocycles. The Morgan fingerprint density at radius 2 is 1.21 bits per heavy atom. The molecule has 39 heavy (non-hydrogen) atoms. The highest BCUT2D eigenvalue weighted by molar-refractivity contribution is 7.92. The van der Waals surface area contributed by atoms with E-state index in [0.29, 0.717) is 26.2 Å². The summed E-state index contributed by atoms with van der Waals surface area (Å²) < 4.78 is 28.4. The van der Waals surface area contributed by atoms with Crippen LogP contribution in [0, 0.1) is 0 Å². The van der Waals surface area contributed by atoms with E-state index in [1.807, 2.05) is 36.4 Å². The molecule has 0 unspecified atom stereocenters. The van der Waals surface area contributed by atoms with Crippen molar-refractivity contribution in [2.24, 2.45) is 0 Å². The topological polar surface area (TPSA) is 60.9 Å². The van der Waals surface area contributed by atoms with E-state index in [2.05, 4.69) is 29.2 Å². The summed E-state index contributed by atoms with van der Waals surface area (Å²) in [6, 6.07) is 35.6. The maximum absolute atomic E-state index is 13.6. The molecule has 0 radical (unpaired) electrons. The predicted octanol–water partition coefficient (Wildman–Crippen LogP) is 5.47. The van der Waals surface area contributed by atoms with Crippen molar-refractivity contribution in [1.29, 1.82) is 0 Å². The minimum absolute atomic E-state index is 0.0720. The molecule has 200 valence electrons. The fraction of sp³-hybridized carbons (Fsp3) is 0.194. The molecule has 0 spiro atoms. The summed E-state index contributed by atoms with van der Waals surface area (Å²) in [7, 11) is -4.02. The van der Waals surface area contributed by atoms with Crippen LogP contribution in [0.5, 0.6) is 0 Å². The Morgan fingerprint density at radius 3 is 1.74 bits per heavy atom. The number of sulfonamides is 1. The number of para-hydroxylation sites is 1. The monoisotopic (exact) mass is 559 g/mol. The molecule has 1 saturated heterocycles. The molecule has 0 N–H and O–H groups in total. The maximum atomic E-state index is 13.6. The molecule has 6 nitrogen and oxygen atoms in total. The molecule has 0 aliphatic carbocycles. The highest BCUT2D eigenvalue weighted by Gasteiger charge is 2.32. The van der Waals surface area contributed by atoms with Gasteiger partial charge in [0.25, 0.3) is 10.0 Å². The van der Waals surface area contributed by atoms with E-state index in [-0.39, 0.29) is 34.1 Å². The third-order valence-corrected chi connectivity index (χ3v) is 9.09. The lowest BCUT2D eigenvalue weighted by atomic mass is 9.96. The first-order valence-corrected chi connectivity index (χ1v) is 14.7. The van der Waals surface area contributed by atoms with Crippen molar-refractivity contribution < 1.29 is 13.2 Å². The molecule has 1 aliphatic heterocycles. The lowest BCUT2D eigenvalue weighted by Crippen LogP contribution is -2.52. The second kappa shape index (κ2) is 12.0. The molecule has 8 heteroatoms. The summed E-state index contributed by atoms with van der Waals surface area (Å²) in [5.41, 5.74) is 2.67. The van der Waals surface area contributed by atoms with Gasteiger partial charge in [0, 0.05) is 26.2 Å². The van der Waals surface area contributed by atoms with Gasteiger partial charge in [-0.05, 0) is 35.4 Å². The van der Waals surface area contributed by atoms with Gasteiger partial charge in [-0.1, -0.05) is 103 Å². The van der Waals surface area contributed by atoms with Crippen LogP contribution in [0.2, 0.25) is 5.02 Å².